The highest BCUT2D eigenvalue weighted by Crippen LogP contribution is 2.18. The van der Waals surface area contributed by atoms with Gasteiger partial charge in [0, 0.05) is 12.1 Å². The van der Waals surface area contributed by atoms with Gasteiger partial charge in [-0.05, 0) is 13.8 Å². The number of nitrogens with one attached hydrogen (secondary N) is 1. The van der Waals surface area contributed by atoms with Crippen molar-refractivity contribution in [1.82, 2.24) is 0 Å². The van der Waals surface area contributed by atoms with Crippen molar-refractivity contribution >= 4 is 5.69 Å². The third-order valence-corrected chi connectivity index (χ3v) is 2.09. The second kappa shape index (κ2) is 4.59. The smallest absolute Gasteiger partial charge is 0.271 e. The van der Waals surface area contributed by atoms with Crippen LogP contribution in [0.1, 0.15) is 20.3 Å². The first-order valence-corrected chi connectivity index (χ1v) is 4.67. The van der Waals surface area contributed by atoms with E-state index < -0.39 is 16.6 Å². The van der Waals surface area contributed by atoms with Gasteiger partial charge in [-0.2, -0.15) is 0 Å². The molecular weight excluding hydrogens is 194 g/mol. The third kappa shape index (κ3) is 2.15. The lowest BCUT2D eigenvalue weighted by molar-refractivity contribution is 0.466. The summed E-state index contributed by atoms with van der Waals surface area (Å²) in [5, 5.41) is 11.9. The molecule has 1 aromatic carbocycles. The van der Waals surface area contributed by atoms with Crippen molar-refractivity contribution < 1.29 is 5.11 Å². The van der Waals surface area contributed by atoms with Crippen molar-refractivity contribution in [3.05, 3.63) is 44.4 Å². The molecule has 0 saturated carbocycles. The van der Waals surface area contributed by atoms with Crippen molar-refractivity contribution in [2.45, 2.75) is 20.3 Å². The van der Waals surface area contributed by atoms with E-state index in [0.29, 0.717) is 6.42 Å². The predicted octanol–water partition coefficient (Wildman–Crippen LogP) is 1.27. The lowest BCUT2D eigenvalue weighted by atomic mass is 10.2. The van der Waals surface area contributed by atoms with Crippen LogP contribution in [-0.2, 0) is 0 Å². The van der Waals surface area contributed by atoms with Crippen LogP contribution in [0.4, 0.5) is 5.69 Å². The SMILES string of the molecule is C/C=C/C/C(=C\C)Nc1c(O)c(=O)c1=O. The highest BCUT2D eigenvalue weighted by Gasteiger charge is 2.19. The molecule has 4 nitrogen and oxygen atoms in total. The minimum Gasteiger partial charge on any atom is -0.502 e. The Hall–Kier alpha value is -1.84. The normalized spacial score (nSPS) is 12.5. The molecular formula is C11H13NO3. The van der Waals surface area contributed by atoms with E-state index >= 15 is 0 Å². The summed E-state index contributed by atoms with van der Waals surface area (Å²) in [6.45, 7) is 3.70. The maximum absolute atomic E-state index is 11.0. The maximum Gasteiger partial charge on any atom is 0.271 e. The molecule has 0 aliphatic carbocycles. The van der Waals surface area contributed by atoms with Crippen LogP contribution in [0.3, 0.4) is 0 Å². The zero-order valence-electron chi connectivity index (χ0n) is 8.70. The average molecular weight is 207 g/mol. The van der Waals surface area contributed by atoms with Gasteiger partial charge in [-0.15, -0.1) is 0 Å². The second-order valence-corrected chi connectivity index (χ2v) is 3.09. The summed E-state index contributed by atoms with van der Waals surface area (Å²) in [6.07, 6.45) is 6.21. The molecule has 0 spiro atoms. The molecule has 0 radical (unpaired) electrons. The summed E-state index contributed by atoms with van der Waals surface area (Å²) in [7, 11) is 0. The van der Waals surface area contributed by atoms with Crippen molar-refractivity contribution in [3.63, 3.8) is 0 Å². The van der Waals surface area contributed by atoms with Gasteiger partial charge in [-0.1, -0.05) is 18.2 Å². The van der Waals surface area contributed by atoms with Crippen LogP contribution in [0.2, 0.25) is 0 Å². The molecule has 0 saturated heterocycles. The van der Waals surface area contributed by atoms with Gasteiger partial charge in [0.25, 0.3) is 10.9 Å². The number of hydrogen-bond acceptors (Lipinski definition) is 4. The Morgan fingerprint density at radius 2 is 2.00 bits per heavy atom. The minimum atomic E-state index is -0.820. The summed E-state index contributed by atoms with van der Waals surface area (Å²) >= 11 is 0. The Balaban J connectivity index is 2.78. The lowest BCUT2D eigenvalue weighted by Crippen LogP contribution is -2.33. The quantitative estimate of drug-likeness (QED) is 0.576. The fourth-order valence-corrected chi connectivity index (χ4v) is 1.14. The highest BCUT2D eigenvalue weighted by molar-refractivity contribution is 5.63. The van der Waals surface area contributed by atoms with E-state index in [2.05, 4.69) is 5.32 Å². The van der Waals surface area contributed by atoms with Gasteiger partial charge in [0.1, 0.15) is 5.69 Å². The molecule has 80 valence electrons. The van der Waals surface area contributed by atoms with Gasteiger partial charge >= 0.3 is 0 Å². The Morgan fingerprint density at radius 3 is 2.47 bits per heavy atom. The summed E-state index contributed by atoms with van der Waals surface area (Å²) in [5.74, 6) is -0.472. The molecule has 15 heavy (non-hydrogen) atoms. The van der Waals surface area contributed by atoms with Crippen molar-refractivity contribution in [2.75, 3.05) is 5.32 Å². The predicted molar refractivity (Wildman–Crippen MR) is 59.8 cm³/mol. The van der Waals surface area contributed by atoms with Gasteiger partial charge in [-0.25, -0.2) is 0 Å². The fourth-order valence-electron chi connectivity index (χ4n) is 1.14. The molecule has 0 amide bonds. The molecule has 1 aromatic rings. The number of aromatic hydroxyl groups is 1. The average Bonchev–Trinajstić information content (AvgIpc) is 2.28. The molecule has 0 heterocycles. The number of allylic oxidation sites excluding steroid dienone is 3. The third-order valence-electron chi connectivity index (χ3n) is 2.09. The van der Waals surface area contributed by atoms with Crippen LogP contribution < -0.4 is 16.2 Å². The van der Waals surface area contributed by atoms with Gasteiger partial charge in [0.05, 0.1) is 0 Å². The van der Waals surface area contributed by atoms with E-state index in [4.69, 9.17) is 5.11 Å². The first kappa shape index (κ1) is 11.2. The molecule has 0 aromatic heterocycles. The largest absolute Gasteiger partial charge is 0.502 e. The molecule has 1 rings (SSSR count). The number of hydrogen-bond donors (Lipinski definition) is 2. The lowest BCUT2D eigenvalue weighted by Gasteiger charge is -2.10. The number of rotatable bonds is 4. The molecule has 0 fully saturated rings. The Labute approximate surface area is 87.3 Å². The van der Waals surface area contributed by atoms with Crippen LogP contribution in [0.25, 0.3) is 0 Å². The van der Waals surface area contributed by atoms with Crippen LogP contribution in [0.5, 0.6) is 5.75 Å². The van der Waals surface area contributed by atoms with E-state index in [-0.39, 0.29) is 5.69 Å². The van der Waals surface area contributed by atoms with E-state index in [1.54, 1.807) is 6.08 Å². The summed E-state index contributed by atoms with van der Waals surface area (Å²) < 4.78 is 0. The molecule has 4 heteroatoms. The van der Waals surface area contributed by atoms with Crippen LogP contribution in [0, 0.1) is 0 Å². The summed E-state index contributed by atoms with van der Waals surface area (Å²) in [4.78, 5) is 21.7. The minimum absolute atomic E-state index is 0.00222. The fraction of sp³-hybridized carbons (Fsp3) is 0.273. The molecule has 0 atom stereocenters. The molecule has 0 aliphatic rings. The first-order chi connectivity index (χ1) is 7.11. The zero-order chi connectivity index (χ0) is 11.4. The molecule has 0 bridgehead atoms. The summed E-state index contributed by atoms with van der Waals surface area (Å²) in [6, 6.07) is 0. The van der Waals surface area contributed by atoms with E-state index in [1.165, 1.54) is 0 Å². The highest BCUT2D eigenvalue weighted by atomic mass is 16.3. The van der Waals surface area contributed by atoms with Gasteiger partial charge < -0.3 is 10.4 Å². The monoisotopic (exact) mass is 207 g/mol. The zero-order valence-corrected chi connectivity index (χ0v) is 8.70. The maximum atomic E-state index is 11.0. The van der Waals surface area contributed by atoms with E-state index in [1.807, 2.05) is 26.0 Å². The topological polar surface area (TPSA) is 66.4 Å². The van der Waals surface area contributed by atoms with E-state index in [0.717, 1.165) is 5.70 Å². The van der Waals surface area contributed by atoms with Crippen molar-refractivity contribution in [2.24, 2.45) is 0 Å². The first-order valence-electron chi connectivity index (χ1n) is 4.67. The van der Waals surface area contributed by atoms with Crippen LogP contribution >= 0.6 is 0 Å². The molecule has 2 N–H and O–H groups in total. The van der Waals surface area contributed by atoms with Gasteiger partial charge in [0.15, 0.2) is 5.75 Å². The standard InChI is InChI=1S/C11H13NO3/c1-3-5-6-7(4-2)12-8-9(13)11(15)10(8)14/h3-5,12-13H,6H2,1-2H3/b5-3+,7-4+. The molecule has 0 unspecified atom stereocenters. The molecule has 0 aliphatic heterocycles. The van der Waals surface area contributed by atoms with Gasteiger partial charge in [-0.3, -0.25) is 9.59 Å². The van der Waals surface area contributed by atoms with Crippen molar-refractivity contribution in [1.29, 1.82) is 0 Å². The van der Waals surface area contributed by atoms with E-state index in [9.17, 15) is 9.59 Å². The Kier molecular flexibility index (Phi) is 3.44. The van der Waals surface area contributed by atoms with Gasteiger partial charge in [0.2, 0.25) is 0 Å². The summed E-state index contributed by atoms with van der Waals surface area (Å²) in [5.41, 5.74) is -0.709. The van der Waals surface area contributed by atoms with Crippen LogP contribution in [0.15, 0.2) is 33.5 Å². The van der Waals surface area contributed by atoms with Crippen molar-refractivity contribution in [3.8, 4) is 5.75 Å². The van der Waals surface area contributed by atoms with Crippen LogP contribution in [-0.4, -0.2) is 5.11 Å². The second-order valence-electron chi connectivity index (χ2n) is 3.09. The number of anilines is 1. The Bertz CT molecular complexity index is 476. The Morgan fingerprint density at radius 1 is 1.33 bits per heavy atom.